The first kappa shape index (κ1) is 21.0. The van der Waals surface area contributed by atoms with Gasteiger partial charge in [0.15, 0.2) is 15.7 Å². The first-order valence-corrected chi connectivity index (χ1v) is 12.4. The van der Waals surface area contributed by atoms with E-state index in [2.05, 4.69) is 20.4 Å². The molecule has 9 nitrogen and oxygen atoms in total. The number of aromatic nitrogens is 4. The van der Waals surface area contributed by atoms with Crippen molar-refractivity contribution >= 4 is 32.5 Å². The van der Waals surface area contributed by atoms with E-state index in [1.165, 1.54) is 18.6 Å². The number of hydrogen-bond donors (Lipinski definition) is 1. The number of nitrogens with one attached hydrogen (secondary N) is 1. The molecule has 1 saturated heterocycles. The lowest BCUT2D eigenvalue weighted by Gasteiger charge is -2.26. The van der Waals surface area contributed by atoms with Gasteiger partial charge in [0.1, 0.15) is 6.04 Å². The number of rotatable bonds is 7. The van der Waals surface area contributed by atoms with Crippen LogP contribution >= 0.6 is 0 Å². The molecule has 1 saturated carbocycles. The Hall–Kier alpha value is -2.85. The minimum absolute atomic E-state index is 0.252. The third kappa shape index (κ3) is 4.12. The van der Waals surface area contributed by atoms with Crippen LogP contribution < -0.4 is 5.32 Å². The van der Waals surface area contributed by atoms with Crippen molar-refractivity contribution in [3.05, 3.63) is 43.0 Å². The third-order valence-corrected chi connectivity index (χ3v) is 8.50. The Morgan fingerprint density at radius 1 is 1.16 bits per heavy atom. The van der Waals surface area contributed by atoms with Gasteiger partial charge in [-0.05, 0) is 50.2 Å². The summed E-state index contributed by atoms with van der Waals surface area (Å²) >= 11 is 0. The van der Waals surface area contributed by atoms with Crippen molar-refractivity contribution < 1.29 is 17.9 Å². The van der Waals surface area contributed by atoms with Crippen LogP contribution in [0.25, 0.3) is 10.9 Å². The van der Waals surface area contributed by atoms with Crippen molar-refractivity contribution in [1.82, 2.24) is 19.7 Å². The summed E-state index contributed by atoms with van der Waals surface area (Å²) in [5.41, 5.74) is 0.637. The quantitative estimate of drug-likeness (QED) is 0.582. The van der Waals surface area contributed by atoms with Crippen LogP contribution in [0.15, 0.2) is 47.9 Å². The Kier molecular flexibility index (Phi) is 5.64. The molecule has 2 aliphatic rings. The molecule has 10 heteroatoms. The number of benzene rings is 1. The van der Waals surface area contributed by atoms with E-state index in [9.17, 15) is 13.2 Å². The molecule has 32 heavy (non-hydrogen) atoms. The van der Waals surface area contributed by atoms with E-state index in [0.717, 1.165) is 12.8 Å². The molecule has 1 atom stereocenters. The molecule has 3 heterocycles. The number of fused-ring (bicyclic) bond motifs is 1. The number of hydrogen-bond acceptors (Lipinski definition) is 7. The minimum Gasteiger partial charge on any atom is -0.381 e. The first-order valence-electron chi connectivity index (χ1n) is 10.9. The Bertz CT molecular complexity index is 1220. The molecule has 0 radical (unpaired) electrons. The lowest BCUT2D eigenvalue weighted by Crippen LogP contribution is -2.30. The summed E-state index contributed by atoms with van der Waals surface area (Å²) in [6.45, 7) is 1.35. The van der Waals surface area contributed by atoms with Gasteiger partial charge in [-0.15, -0.1) is 0 Å². The van der Waals surface area contributed by atoms with E-state index in [0.29, 0.717) is 60.0 Å². The van der Waals surface area contributed by atoms with E-state index in [1.807, 2.05) is 6.07 Å². The molecule has 1 aliphatic heterocycles. The molecule has 1 N–H and O–H groups in total. The largest absolute Gasteiger partial charge is 0.381 e. The monoisotopic (exact) mass is 455 g/mol. The first-order chi connectivity index (χ1) is 15.5. The fourth-order valence-electron chi connectivity index (χ4n) is 4.29. The highest BCUT2D eigenvalue weighted by Crippen LogP contribution is 2.37. The van der Waals surface area contributed by atoms with Gasteiger partial charge in [-0.3, -0.25) is 14.5 Å². The van der Waals surface area contributed by atoms with E-state index in [4.69, 9.17) is 4.74 Å². The van der Waals surface area contributed by atoms with Crippen molar-refractivity contribution in [2.24, 2.45) is 5.92 Å². The van der Waals surface area contributed by atoms with Crippen molar-refractivity contribution in [3.63, 3.8) is 0 Å². The second kappa shape index (κ2) is 8.59. The lowest BCUT2D eigenvalue weighted by atomic mass is 9.92. The summed E-state index contributed by atoms with van der Waals surface area (Å²) in [7, 11) is -3.39. The van der Waals surface area contributed by atoms with Gasteiger partial charge < -0.3 is 10.1 Å². The van der Waals surface area contributed by atoms with E-state index >= 15 is 0 Å². The molecule has 3 aromatic rings. The number of anilines is 1. The number of carbonyl (C=O) groups excluding carboxylic acids is 1. The van der Waals surface area contributed by atoms with Crippen LogP contribution in [0.4, 0.5) is 5.82 Å². The topological polar surface area (TPSA) is 116 Å². The maximum atomic E-state index is 13.3. The minimum atomic E-state index is -3.39. The molecular weight excluding hydrogens is 430 g/mol. The van der Waals surface area contributed by atoms with Gasteiger partial charge in [0.05, 0.1) is 28.1 Å². The zero-order valence-corrected chi connectivity index (χ0v) is 18.4. The second-order valence-corrected chi connectivity index (χ2v) is 10.6. The van der Waals surface area contributed by atoms with Crippen LogP contribution in [-0.4, -0.2) is 52.5 Å². The van der Waals surface area contributed by atoms with Crippen LogP contribution in [0.2, 0.25) is 0 Å². The average molecular weight is 456 g/mol. The van der Waals surface area contributed by atoms with Crippen molar-refractivity contribution in [2.45, 2.75) is 48.3 Å². The summed E-state index contributed by atoms with van der Waals surface area (Å²) in [6.07, 6.45) is 9.82. The Morgan fingerprint density at radius 2 is 1.97 bits per heavy atom. The number of carbonyl (C=O) groups is 1. The average Bonchev–Trinajstić information content (AvgIpc) is 3.59. The van der Waals surface area contributed by atoms with Gasteiger partial charge in [-0.25, -0.2) is 13.4 Å². The molecule has 2 fully saturated rings. The number of ether oxygens (including phenoxy) is 1. The zero-order chi connectivity index (χ0) is 22.1. The predicted octanol–water partition coefficient (Wildman–Crippen LogP) is 2.76. The van der Waals surface area contributed by atoms with E-state index < -0.39 is 15.9 Å². The molecule has 168 valence electrons. The second-order valence-electron chi connectivity index (χ2n) is 8.41. The molecular formula is C22H25N5O4S. The molecule has 1 unspecified atom stereocenters. The maximum absolute atomic E-state index is 13.3. The number of nitrogens with zero attached hydrogens (tertiary/aromatic N) is 4. The van der Waals surface area contributed by atoms with Gasteiger partial charge in [-0.2, -0.15) is 5.10 Å². The molecule has 1 aliphatic carbocycles. The molecule has 0 bridgehead atoms. The number of amides is 1. The number of sulfone groups is 1. The molecule has 0 spiro atoms. The summed E-state index contributed by atoms with van der Waals surface area (Å²) in [6, 6.07) is 4.56. The lowest BCUT2D eigenvalue weighted by molar-refractivity contribution is -0.120. The zero-order valence-electron chi connectivity index (χ0n) is 17.6. The van der Waals surface area contributed by atoms with Gasteiger partial charge in [0.25, 0.3) is 0 Å². The Balaban J connectivity index is 1.52. The van der Waals surface area contributed by atoms with Crippen LogP contribution in [0.1, 0.15) is 38.1 Å². The van der Waals surface area contributed by atoms with E-state index in [1.54, 1.807) is 23.0 Å². The van der Waals surface area contributed by atoms with Gasteiger partial charge in [0, 0.05) is 31.0 Å². The van der Waals surface area contributed by atoms with Crippen molar-refractivity contribution in [3.8, 4) is 0 Å². The molecule has 1 aromatic carbocycles. The van der Waals surface area contributed by atoms with Crippen LogP contribution in [0, 0.1) is 5.92 Å². The Labute approximate surface area is 186 Å². The fraction of sp³-hybridized carbons (Fsp3) is 0.455. The standard InChI is InChI=1S/C22H25N5O4S/c28-22(26-21-14-23-8-9-24-21)19(12-15-6-10-31-11-7-15)27-18-2-1-3-20(17(18)13-25-27)32(29,30)16-4-5-16/h1-3,8-9,13-16,19H,4-7,10-12H2,(H,24,26,28). The molecule has 5 rings (SSSR count). The predicted molar refractivity (Wildman–Crippen MR) is 118 cm³/mol. The van der Waals surface area contributed by atoms with Crippen molar-refractivity contribution in [2.75, 3.05) is 18.5 Å². The van der Waals surface area contributed by atoms with Crippen LogP contribution in [0.5, 0.6) is 0 Å². The van der Waals surface area contributed by atoms with Crippen molar-refractivity contribution in [1.29, 1.82) is 0 Å². The smallest absolute Gasteiger partial charge is 0.250 e. The van der Waals surface area contributed by atoms with Crippen LogP contribution in [0.3, 0.4) is 0 Å². The van der Waals surface area contributed by atoms with Gasteiger partial charge in [0.2, 0.25) is 5.91 Å². The SMILES string of the molecule is O=C(Nc1cnccn1)C(CC1CCOCC1)n1ncc2c(S(=O)(=O)C3CC3)cccc21. The highest BCUT2D eigenvalue weighted by atomic mass is 32.2. The summed E-state index contributed by atoms with van der Waals surface area (Å²) in [5.74, 6) is 0.416. The third-order valence-electron chi connectivity index (χ3n) is 6.18. The van der Waals surface area contributed by atoms with E-state index in [-0.39, 0.29) is 11.2 Å². The molecule has 1 amide bonds. The highest BCUT2D eigenvalue weighted by molar-refractivity contribution is 7.92. The van der Waals surface area contributed by atoms with Crippen LogP contribution in [-0.2, 0) is 19.4 Å². The Morgan fingerprint density at radius 3 is 2.69 bits per heavy atom. The normalized spacial score (nSPS) is 18.5. The molecule has 2 aromatic heterocycles. The summed E-state index contributed by atoms with van der Waals surface area (Å²) < 4.78 is 33.0. The van der Waals surface area contributed by atoms with Gasteiger partial charge in [-0.1, -0.05) is 6.07 Å². The fourth-order valence-corrected chi connectivity index (χ4v) is 6.14. The maximum Gasteiger partial charge on any atom is 0.250 e. The van der Waals surface area contributed by atoms with Gasteiger partial charge >= 0.3 is 0 Å². The highest BCUT2D eigenvalue weighted by Gasteiger charge is 2.38. The summed E-state index contributed by atoms with van der Waals surface area (Å²) in [5, 5.41) is 7.58. The summed E-state index contributed by atoms with van der Waals surface area (Å²) in [4.78, 5) is 21.8.